The second-order valence-corrected chi connectivity index (χ2v) is 7.70. The largest absolute Gasteiger partial charge is 0.375 e. The van der Waals surface area contributed by atoms with Gasteiger partial charge < -0.3 is 15.0 Å². The fourth-order valence-electron chi connectivity index (χ4n) is 4.29. The minimum absolute atomic E-state index is 0.0106. The summed E-state index contributed by atoms with van der Waals surface area (Å²) < 4.78 is 6.06. The molecule has 1 saturated carbocycles. The van der Waals surface area contributed by atoms with Crippen LogP contribution in [0.5, 0.6) is 0 Å². The first-order valence-corrected chi connectivity index (χ1v) is 9.85. The zero-order valence-corrected chi connectivity index (χ0v) is 15.9. The first kappa shape index (κ1) is 18.0. The number of rotatable bonds is 4. The Morgan fingerprint density at radius 2 is 1.96 bits per heavy atom. The summed E-state index contributed by atoms with van der Waals surface area (Å²) in [6.07, 6.45) is 8.20. The van der Waals surface area contributed by atoms with Gasteiger partial charge in [-0.1, -0.05) is 31.0 Å². The Balaban J connectivity index is 1.39. The van der Waals surface area contributed by atoms with Gasteiger partial charge in [0.05, 0.1) is 11.2 Å². The molecule has 1 amide bonds. The molecule has 2 fully saturated rings. The van der Waals surface area contributed by atoms with Crippen molar-refractivity contribution < 1.29 is 9.53 Å². The molecule has 142 valence electrons. The molecule has 0 radical (unpaired) electrons. The SMILES string of the molecule is CN(c1ccccc1)c1ccc(C(=O)NC2CCOC3(CCCC3)C2)cn1. The number of para-hydroxylation sites is 1. The first-order chi connectivity index (χ1) is 13.2. The molecule has 27 heavy (non-hydrogen) atoms. The predicted molar refractivity (Wildman–Crippen MR) is 106 cm³/mol. The lowest BCUT2D eigenvalue weighted by Crippen LogP contribution is -2.47. The zero-order valence-electron chi connectivity index (χ0n) is 15.9. The number of amides is 1. The molecule has 1 atom stereocenters. The van der Waals surface area contributed by atoms with Gasteiger partial charge in [-0.25, -0.2) is 4.98 Å². The van der Waals surface area contributed by atoms with E-state index in [4.69, 9.17) is 4.74 Å². The lowest BCUT2D eigenvalue weighted by atomic mass is 9.89. The zero-order chi connectivity index (χ0) is 18.7. The summed E-state index contributed by atoms with van der Waals surface area (Å²) in [7, 11) is 1.97. The molecule has 2 heterocycles. The molecule has 1 N–H and O–H groups in total. The van der Waals surface area contributed by atoms with Gasteiger partial charge in [0, 0.05) is 31.6 Å². The maximum atomic E-state index is 12.7. The lowest BCUT2D eigenvalue weighted by Gasteiger charge is -2.38. The molecule has 5 nitrogen and oxygen atoms in total. The van der Waals surface area contributed by atoms with Crippen LogP contribution in [-0.4, -0.2) is 36.2 Å². The second kappa shape index (κ2) is 7.69. The van der Waals surface area contributed by atoms with Gasteiger partial charge in [-0.3, -0.25) is 4.79 Å². The fraction of sp³-hybridized carbons (Fsp3) is 0.455. The van der Waals surface area contributed by atoms with Crippen molar-refractivity contribution in [1.82, 2.24) is 10.3 Å². The highest BCUT2D eigenvalue weighted by Crippen LogP contribution is 2.40. The van der Waals surface area contributed by atoms with E-state index in [1.165, 1.54) is 12.8 Å². The van der Waals surface area contributed by atoms with Crippen LogP contribution in [0.25, 0.3) is 0 Å². The highest BCUT2D eigenvalue weighted by molar-refractivity contribution is 5.94. The van der Waals surface area contributed by atoms with Crippen LogP contribution < -0.4 is 10.2 Å². The number of anilines is 2. The van der Waals surface area contributed by atoms with Crippen LogP contribution in [0, 0.1) is 0 Å². The fourth-order valence-corrected chi connectivity index (χ4v) is 4.29. The number of aromatic nitrogens is 1. The number of hydrogen-bond acceptors (Lipinski definition) is 4. The van der Waals surface area contributed by atoms with Gasteiger partial charge in [-0.15, -0.1) is 0 Å². The summed E-state index contributed by atoms with van der Waals surface area (Å²) in [6.45, 7) is 0.740. The average molecular weight is 365 g/mol. The Hall–Kier alpha value is -2.40. The summed E-state index contributed by atoms with van der Waals surface area (Å²) in [4.78, 5) is 19.1. The number of nitrogens with zero attached hydrogens (tertiary/aromatic N) is 2. The number of carbonyl (C=O) groups excluding carboxylic acids is 1. The van der Waals surface area contributed by atoms with Gasteiger partial charge in [-0.2, -0.15) is 0 Å². The lowest BCUT2D eigenvalue weighted by molar-refractivity contribution is -0.0823. The Morgan fingerprint density at radius 3 is 2.67 bits per heavy atom. The summed E-state index contributed by atoms with van der Waals surface area (Å²) >= 11 is 0. The molecular weight excluding hydrogens is 338 g/mol. The summed E-state index contributed by atoms with van der Waals surface area (Å²) in [5.41, 5.74) is 1.68. The highest BCUT2D eigenvalue weighted by Gasteiger charge is 2.40. The Morgan fingerprint density at radius 1 is 1.19 bits per heavy atom. The van der Waals surface area contributed by atoms with Gasteiger partial charge in [0.1, 0.15) is 5.82 Å². The molecule has 1 aliphatic carbocycles. The van der Waals surface area contributed by atoms with Crippen LogP contribution in [0.4, 0.5) is 11.5 Å². The van der Waals surface area contributed by atoms with Crippen molar-refractivity contribution in [3.05, 3.63) is 54.2 Å². The van der Waals surface area contributed by atoms with Gasteiger partial charge in [0.25, 0.3) is 5.91 Å². The van der Waals surface area contributed by atoms with Crippen LogP contribution in [0.2, 0.25) is 0 Å². The molecule has 1 aliphatic heterocycles. The highest BCUT2D eigenvalue weighted by atomic mass is 16.5. The van der Waals surface area contributed by atoms with Crippen molar-refractivity contribution in [3.8, 4) is 0 Å². The molecule has 2 aromatic rings. The number of hydrogen-bond donors (Lipinski definition) is 1. The molecule has 5 heteroatoms. The van der Waals surface area contributed by atoms with Crippen molar-refractivity contribution in [2.45, 2.75) is 50.2 Å². The first-order valence-electron chi connectivity index (χ1n) is 9.85. The van der Waals surface area contributed by atoms with Crippen LogP contribution in [0.1, 0.15) is 48.9 Å². The van der Waals surface area contributed by atoms with Crippen molar-refractivity contribution in [2.24, 2.45) is 0 Å². The maximum absolute atomic E-state index is 12.7. The van der Waals surface area contributed by atoms with Crippen LogP contribution in [0.3, 0.4) is 0 Å². The number of nitrogens with one attached hydrogen (secondary N) is 1. The Labute approximate surface area is 160 Å². The predicted octanol–water partition coefficient (Wildman–Crippen LogP) is 4.07. The minimum atomic E-state index is -0.0449. The van der Waals surface area contributed by atoms with Gasteiger partial charge in [0.2, 0.25) is 0 Å². The van der Waals surface area contributed by atoms with E-state index in [2.05, 4.69) is 10.3 Å². The molecular formula is C22H27N3O2. The molecule has 1 saturated heterocycles. The molecule has 2 aliphatic rings. The van der Waals surface area contributed by atoms with E-state index in [1.54, 1.807) is 6.20 Å². The second-order valence-electron chi connectivity index (χ2n) is 7.70. The normalized spacial score (nSPS) is 21.1. The number of pyridine rings is 1. The summed E-state index contributed by atoms with van der Waals surface area (Å²) in [5.74, 6) is 0.769. The molecule has 0 bridgehead atoms. The van der Waals surface area contributed by atoms with Crippen molar-refractivity contribution in [2.75, 3.05) is 18.6 Å². The maximum Gasteiger partial charge on any atom is 0.253 e. The average Bonchev–Trinajstić information content (AvgIpc) is 3.15. The van der Waals surface area contributed by atoms with E-state index < -0.39 is 0 Å². The van der Waals surface area contributed by atoms with E-state index in [-0.39, 0.29) is 17.6 Å². The Bertz CT molecular complexity index is 770. The summed E-state index contributed by atoms with van der Waals surface area (Å²) in [5, 5.41) is 3.19. The van der Waals surface area contributed by atoms with E-state index in [0.29, 0.717) is 5.56 Å². The minimum Gasteiger partial charge on any atom is -0.375 e. The van der Waals surface area contributed by atoms with Crippen molar-refractivity contribution in [1.29, 1.82) is 0 Å². The van der Waals surface area contributed by atoms with E-state index >= 15 is 0 Å². The third-order valence-corrected chi connectivity index (χ3v) is 5.84. The molecule has 4 rings (SSSR count). The molecule has 1 spiro atoms. The van der Waals surface area contributed by atoms with E-state index in [0.717, 1.165) is 43.8 Å². The van der Waals surface area contributed by atoms with E-state index in [9.17, 15) is 4.79 Å². The number of ether oxygens (including phenoxy) is 1. The van der Waals surface area contributed by atoms with Crippen LogP contribution in [0.15, 0.2) is 48.7 Å². The Kier molecular flexibility index (Phi) is 5.12. The molecule has 1 unspecified atom stereocenters. The number of benzene rings is 1. The topological polar surface area (TPSA) is 54.5 Å². The van der Waals surface area contributed by atoms with Gasteiger partial charge in [0.15, 0.2) is 0 Å². The van der Waals surface area contributed by atoms with Gasteiger partial charge >= 0.3 is 0 Å². The summed E-state index contributed by atoms with van der Waals surface area (Å²) in [6, 6.07) is 14.0. The smallest absolute Gasteiger partial charge is 0.253 e. The van der Waals surface area contributed by atoms with Crippen molar-refractivity contribution in [3.63, 3.8) is 0 Å². The molecule has 1 aromatic carbocycles. The third-order valence-electron chi connectivity index (χ3n) is 5.84. The van der Waals surface area contributed by atoms with Gasteiger partial charge in [-0.05, 0) is 49.9 Å². The molecule has 1 aromatic heterocycles. The van der Waals surface area contributed by atoms with Crippen LogP contribution in [-0.2, 0) is 4.74 Å². The standard InChI is InChI=1S/C22H27N3O2/c1-25(19-7-3-2-4-8-19)20-10-9-17(16-23-20)21(26)24-18-11-14-27-22(15-18)12-5-6-13-22/h2-4,7-10,16,18H,5-6,11-15H2,1H3,(H,24,26). The number of carbonyl (C=O) groups is 1. The third kappa shape index (κ3) is 3.98. The van der Waals surface area contributed by atoms with Crippen LogP contribution >= 0.6 is 0 Å². The monoisotopic (exact) mass is 365 g/mol. The van der Waals surface area contributed by atoms with Crippen molar-refractivity contribution >= 4 is 17.4 Å². The quantitative estimate of drug-likeness (QED) is 0.887. The van der Waals surface area contributed by atoms with E-state index in [1.807, 2.05) is 54.4 Å².